The van der Waals surface area contributed by atoms with E-state index in [9.17, 15) is 4.79 Å². The molecule has 1 aromatic carbocycles. The second-order valence-electron chi connectivity index (χ2n) is 4.37. The molecule has 17 heavy (non-hydrogen) atoms. The van der Waals surface area contributed by atoms with Gasteiger partial charge >= 0.3 is 0 Å². The number of benzene rings is 1. The van der Waals surface area contributed by atoms with E-state index in [0.717, 1.165) is 25.9 Å². The average molecular weight is 344 g/mol. The Morgan fingerprint density at radius 3 is 2.82 bits per heavy atom. The van der Waals surface area contributed by atoms with Crippen LogP contribution in [-0.2, 0) is 11.3 Å². The molecule has 1 heterocycles. The third-order valence-corrected chi connectivity index (χ3v) is 3.93. The molecule has 2 rings (SSSR count). The third-order valence-electron chi connectivity index (χ3n) is 3.21. The number of hydrogen-bond donors (Lipinski definition) is 1. The number of carbonyl (C=O) groups excluding carboxylic acids is 1. The lowest BCUT2D eigenvalue weighted by atomic mass is 10.1. The van der Waals surface area contributed by atoms with Crippen LogP contribution < -0.4 is 5.32 Å². The molecule has 0 saturated carbocycles. The van der Waals surface area contributed by atoms with Gasteiger partial charge in [0.1, 0.15) is 0 Å². The van der Waals surface area contributed by atoms with E-state index in [4.69, 9.17) is 0 Å². The number of likely N-dealkylation sites (N-methyl/N-ethyl adjacent to an activating group) is 1. The monoisotopic (exact) mass is 344 g/mol. The highest BCUT2D eigenvalue weighted by Gasteiger charge is 2.29. The summed E-state index contributed by atoms with van der Waals surface area (Å²) in [5, 5.41) is 2.75. The van der Waals surface area contributed by atoms with Gasteiger partial charge in [0.2, 0.25) is 5.91 Å². The molecular weight excluding hydrogens is 327 g/mol. The summed E-state index contributed by atoms with van der Waals surface area (Å²) in [5.74, 6) is 0.146. The van der Waals surface area contributed by atoms with Crippen LogP contribution >= 0.6 is 22.6 Å². The van der Waals surface area contributed by atoms with Crippen molar-refractivity contribution < 1.29 is 4.79 Å². The van der Waals surface area contributed by atoms with Crippen LogP contribution in [0.25, 0.3) is 0 Å². The highest BCUT2D eigenvalue weighted by Crippen LogP contribution is 2.20. The molecule has 1 amide bonds. The second-order valence-corrected chi connectivity index (χ2v) is 5.61. The van der Waals surface area contributed by atoms with Gasteiger partial charge in [0.25, 0.3) is 0 Å². The van der Waals surface area contributed by atoms with Crippen molar-refractivity contribution in [3.8, 4) is 0 Å². The van der Waals surface area contributed by atoms with Crippen molar-refractivity contribution in [2.45, 2.75) is 25.4 Å². The maximum absolute atomic E-state index is 11.7. The summed E-state index contributed by atoms with van der Waals surface area (Å²) < 4.78 is 1.25. The Bertz CT molecular complexity index is 391. The highest BCUT2D eigenvalue weighted by atomic mass is 127. The van der Waals surface area contributed by atoms with Gasteiger partial charge in [0, 0.05) is 17.2 Å². The zero-order valence-corrected chi connectivity index (χ0v) is 12.1. The van der Waals surface area contributed by atoms with Gasteiger partial charge in [-0.2, -0.15) is 0 Å². The van der Waals surface area contributed by atoms with Crippen LogP contribution in [0, 0.1) is 3.57 Å². The molecule has 1 aliphatic heterocycles. The molecule has 1 aromatic rings. The van der Waals surface area contributed by atoms with Gasteiger partial charge in [-0.25, -0.2) is 0 Å². The van der Waals surface area contributed by atoms with Crippen molar-refractivity contribution in [1.29, 1.82) is 0 Å². The van der Waals surface area contributed by atoms with Gasteiger partial charge in [0.05, 0.1) is 6.04 Å². The normalized spacial score (nSPS) is 20.5. The number of carbonyl (C=O) groups is 1. The molecule has 1 N–H and O–H groups in total. The van der Waals surface area contributed by atoms with E-state index in [1.54, 1.807) is 7.05 Å². The molecule has 0 bridgehead atoms. The number of likely N-dealkylation sites (tertiary alicyclic amines) is 1. The molecule has 1 aliphatic rings. The van der Waals surface area contributed by atoms with E-state index in [-0.39, 0.29) is 11.9 Å². The Hall–Kier alpha value is -0.620. The van der Waals surface area contributed by atoms with E-state index in [0.29, 0.717) is 0 Å². The summed E-state index contributed by atoms with van der Waals surface area (Å²) in [5.41, 5.74) is 1.28. The lowest BCUT2D eigenvalue weighted by Crippen LogP contribution is -2.41. The quantitative estimate of drug-likeness (QED) is 0.851. The van der Waals surface area contributed by atoms with Crippen molar-refractivity contribution in [2.24, 2.45) is 0 Å². The van der Waals surface area contributed by atoms with Gasteiger partial charge in [-0.15, -0.1) is 0 Å². The lowest BCUT2D eigenvalue weighted by molar-refractivity contribution is -0.125. The summed E-state index contributed by atoms with van der Waals surface area (Å²) in [7, 11) is 1.71. The van der Waals surface area contributed by atoms with E-state index >= 15 is 0 Å². The summed E-state index contributed by atoms with van der Waals surface area (Å²) in [4.78, 5) is 14.0. The topological polar surface area (TPSA) is 32.3 Å². The van der Waals surface area contributed by atoms with Crippen molar-refractivity contribution >= 4 is 28.5 Å². The van der Waals surface area contributed by atoms with Crippen LogP contribution in [0.2, 0.25) is 0 Å². The standard InChI is InChI=1S/C13H17IN2O/c1-15-13(17)12-3-2-8-16(12)9-10-4-6-11(14)7-5-10/h4-7,12H,2-3,8-9H2,1H3,(H,15,17). The molecule has 0 aromatic heterocycles. The predicted octanol–water partition coefficient (Wildman–Crippen LogP) is 2.00. The fourth-order valence-electron chi connectivity index (χ4n) is 2.30. The number of nitrogens with one attached hydrogen (secondary N) is 1. The lowest BCUT2D eigenvalue weighted by Gasteiger charge is -2.23. The highest BCUT2D eigenvalue weighted by molar-refractivity contribution is 14.1. The van der Waals surface area contributed by atoms with Crippen molar-refractivity contribution in [2.75, 3.05) is 13.6 Å². The maximum atomic E-state index is 11.7. The SMILES string of the molecule is CNC(=O)C1CCCN1Cc1ccc(I)cc1. The minimum Gasteiger partial charge on any atom is -0.358 e. The second kappa shape index (κ2) is 5.82. The maximum Gasteiger partial charge on any atom is 0.237 e. The van der Waals surface area contributed by atoms with Crippen LogP contribution in [0.1, 0.15) is 18.4 Å². The Kier molecular flexibility index (Phi) is 4.39. The summed E-state index contributed by atoms with van der Waals surface area (Å²) in [6.45, 7) is 1.89. The van der Waals surface area contributed by atoms with E-state index in [2.05, 4.69) is 57.1 Å². The third kappa shape index (κ3) is 3.19. The summed E-state index contributed by atoms with van der Waals surface area (Å²) >= 11 is 2.30. The summed E-state index contributed by atoms with van der Waals surface area (Å²) in [6.07, 6.45) is 2.09. The molecule has 3 nitrogen and oxygen atoms in total. The van der Waals surface area contributed by atoms with Crippen molar-refractivity contribution in [3.63, 3.8) is 0 Å². The number of hydrogen-bond acceptors (Lipinski definition) is 2. The van der Waals surface area contributed by atoms with Crippen molar-refractivity contribution in [1.82, 2.24) is 10.2 Å². The van der Waals surface area contributed by atoms with Crippen LogP contribution in [0.3, 0.4) is 0 Å². The van der Waals surface area contributed by atoms with Gasteiger partial charge in [-0.05, 0) is 59.7 Å². The van der Waals surface area contributed by atoms with E-state index < -0.39 is 0 Å². The number of rotatable bonds is 3. The van der Waals surface area contributed by atoms with Crippen LogP contribution in [0.15, 0.2) is 24.3 Å². The minimum atomic E-state index is 0.0549. The largest absolute Gasteiger partial charge is 0.358 e. The minimum absolute atomic E-state index is 0.0549. The van der Waals surface area contributed by atoms with Gasteiger partial charge in [-0.3, -0.25) is 9.69 Å². The molecule has 1 saturated heterocycles. The number of nitrogens with zero attached hydrogens (tertiary/aromatic N) is 1. The molecule has 1 unspecified atom stereocenters. The fourth-order valence-corrected chi connectivity index (χ4v) is 2.66. The zero-order chi connectivity index (χ0) is 12.3. The van der Waals surface area contributed by atoms with E-state index in [1.165, 1.54) is 9.13 Å². The molecule has 4 heteroatoms. The van der Waals surface area contributed by atoms with Crippen LogP contribution in [0.4, 0.5) is 0 Å². The first kappa shape index (κ1) is 12.8. The van der Waals surface area contributed by atoms with Crippen molar-refractivity contribution in [3.05, 3.63) is 33.4 Å². The van der Waals surface area contributed by atoms with Gasteiger partial charge < -0.3 is 5.32 Å². The van der Waals surface area contributed by atoms with Gasteiger partial charge in [-0.1, -0.05) is 12.1 Å². The first-order chi connectivity index (χ1) is 8.20. The average Bonchev–Trinajstić information content (AvgIpc) is 2.79. The Morgan fingerprint density at radius 1 is 1.47 bits per heavy atom. The number of halogens is 1. The molecule has 92 valence electrons. The first-order valence-electron chi connectivity index (χ1n) is 5.91. The Morgan fingerprint density at radius 2 is 2.18 bits per heavy atom. The zero-order valence-electron chi connectivity index (χ0n) is 9.95. The molecule has 1 atom stereocenters. The van der Waals surface area contributed by atoms with Crippen LogP contribution in [0.5, 0.6) is 0 Å². The molecule has 1 fully saturated rings. The molecule has 0 radical (unpaired) electrons. The summed E-state index contributed by atoms with van der Waals surface area (Å²) in [6, 6.07) is 8.56. The van der Waals surface area contributed by atoms with E-state index in [1.807, 2.05) is 0 Å². The predicted molar refractivity (Wildman–Crippen MR) is 76.7 cm³/mol. The Balaban J connectivity index is 2.02. The fraction of sp³-hybridized carbons (Fsp3) is 0.462. The number of amides is 1. The molecule has 0 aliphatic carbocycles. The molecular formula is C13H17IN2O. The first-order valence-corrected chi connectivity index (χ1v) is 6.98. The smallest absolute Gasteiger partial charge is 0.237 e. The Labute approximate surface area is 116 Å². The molecule has 0 spiro atoms. The van der Waals surface area contributed by atoms with Gasteiger partial charge in [0.15, 0.2) is 0 Å². The van der Waals surface area contributed by atoms with Crippen LogP contribution in [-0.4, -0.2) is 30.4 Å².